The van der Waals surface area contributed by atoms with Crippen LogP contribution in [0.15, 0.2) is 24.3 Å². The number of amides is 1. The van der Waals surface area contributed by atoms with E-state index < -0.39 is 5.97 Å². The van der Waals surface area contributed by atoms with Crippen molar-refractivity contribution in [2.75, 3.05) is 25.5 Å². The lowest BCUT2D eigenvalue weighted by Crippen LogP contribution is -2.33. The summed E-state index contributed by atoms with van der Waals surface area (Å²) < 4.78 is 0. The van der Waals surface area contributed by atoms with Crippen molar-refractivity contribution in [3.05, 3.63) is 29.8 Å². The van der Waals surface area contributed by atoms with E-state index in [0.29, 0.717) is 0 Å². The van der Waals surface area contributed by atoms with Crippen molar-refractivity contribution in [3.8, 4) is 0 Å². The zero-order valence-corrected chi connectivity index (χ0v) is 9.93. The second-order valence-electron chi connectivity index (χ2n) is 3.98. The minimum atomic E-state index is -0.948. The molecular weight excluding hydrogens is 220 g/mol. The quantitative estimate of drug-likeness (QED) is 0.798. The largest absolute Gasteiger partial charge is 0.480 e. The first-order valence-corrected chi connectivity index (χ1v) is 5.24. The number of carboxylic acids is 1. The predicted molar refractivity (Wildman–Crippen MR) is 64.9 cm³/mol. The minimum absolute atomic E-state index is 0.0558. The van der Waals surface area contributed by atoms with Crippen LogP contribution in [0, 0.1) is 6.92 Å². The number of anilines is 1. The highest BCUT2D eigenvalue weighted by Gasteiger charge is 2.09. The number of aliphatic carboxylic acids is 1. The number of nitrogens with one attached hydrogen (secondary N) is 1. The maximum atomic E-state index is 11.6. The molecule has 0 heterocycles. The standard InChI is InChI=1S/C12H16N2O3/c1-9-4-3-5-10(6-9)13-11(15)7-14(2)8-12(16)17/h3-6H,7-8H2,1-2H3,(H,13,15)(H,16,17). The summed E-state index contributed by atoms with van der Waals surface area (Å²) in [6.45, 7) is 1.84. The highest BCUT2D eigenvalue weighted by atomic mass is 16.4. The van der Waals surface area contributed by atoms with E-state index in [1.165, 1.54) is 4.90 Å². The molecule has 0 aliphatic carbocycles. The topological polar surface area (TPSA) is 69.6 Å². The molecule has 0 bridgehead atoms. The number of aryl methyl sites for hydroxylation is 1. The van der Waals surface area contributed by atoms with Gasteiger partial charge in [0.05, 0.1) is 13.1 Å². The van der Waals surface area contributed by atoms with E-state index in [1.54, 1.807) is 13.1 Å². The average Bonchev–Trinajstić information content (AvgIpc) is 2.14. The van der Waals surface area contributed by atoms with Crippen molar-refractivity contribution < 1.29 is 14.7 Å². The number of hydrogen-bond acceptors (Lipinski definition) is 3. The lowest BCUT2D eigenvalue weighted by atomic mass is 10.2. The molecule has 2 N–H and O–H groups in total. The third-order valence-electron chi connectivity index (χ3n) is 2.12. The van der Waals surface area contributed by atoms with E-state index in [9.17, 15) is 9.59 Å². The summed E-state index contributed by atoms with van der Waals surface area (Å²) in [5.74, 6) is -1.17. The Labute approximate surface area is 100 Å². The molecule has 0 radical (unpaired) electrons. The molecule has 0 spiro atoms. The molecule has 1 rings (SSSR count). The number of rotatable bonds is 5. The summed E-state index contributed by atoms with van der Waals surface area (Å²) in [6.07, 6.45) is 0. The SMILES string of the molecule is Cc1cccc(NC(=O)CN(C)CC(=O)O)c1. The van der Waals surface area contributed by atoms with Crippen molar-refractivity contribution >= 4 is 17.6 Å². The lowest BCUT2D eigenvalue weighted by Gasteiger charge is -2.13. The van der Waals surface area contributed by atoms with Gasteiger partial charge >= 0.3 is 5.97 Å². The number of benzene rings is 1. The summed E-state index contributed by atoms with van der Waals surface area (Å²) in [7, 11) is 1.59. The van der Waals surface area contributed by atoms with Gasteiger partial charge in [-0.3, -0.25) is 14.5 Å². The number of nitrogens with zero attached hydrogens (tertiary/aromatic N) is 1. The minimum Gasteiger partial charge on any atom is -0.480 e. The molecule has 92 valence electrons. The summed E-state index contributed by atoms with van der Waals surface area (Å²) in [5.41, 5.74) is 1.78. The van der Waals surface area contributed by atoms with Crippen LogP contribution in [0.25, 0.3) is 0 Å². The third-order valence-corrected chi connectivity index (χ3v) is 2.12. The summed E-state index contributed by atoms with van der Waals surface area (Å²) in [5, 5.41) is 11.3. The number of carbonyl (C=O) groups excluding carboxylic acids is 1. The summed E-state index contributed by atoms with van der Waals surface area (Å²) in [6, 6.07) is 7.44. The van der Waals surface area contributed by atoms with Crippen LogP contribution in [0.4, 0.5) is 5.69 Å². The molecule has 0 fully saturated rings. The molecule has 1 amide bonds. The summed E-state index contributed by atoms with van der Waals surface area (Å²) in [4.78, 5) is 23.4. The zero-order chi connectivity index (χ0) is 12.8. The van der Waals surface area contributed by atoms with E-state index in [4.69, 9.17) is 5.11 Å². The van der Waals surface area contributed by atoms with E-state index in [-0.39, 0.29) is 19.0 Å². The average molecular weight is 236 g/mol. The fourth-order valence-corrected chi connectivity index (χ4v) is 1.46. The predicted octanol–water partition coefficient (Wildman–Crippen LogP) is 0.950. The Bertz CT molecular complexity index is 418. The first kappa shape index (κ1) is 13.2. The van der Waals surface area contributed by atoms with Crippen molar-refractivity contribution in [3.63, 3.8) is 0 Å². The van der Waals surface area contributed by atoms with E-state index >= 15 is 0 Å². The van der Waals surface area contributed by atoms with Crippen LogP contribution >= 0.6 is 0 Å². The van der Waals surface area contributed by atoms with Gasteiger partial charge < -0.3 is 10.4 Å². The molecule has 0 aromatic heterocycles. The number of carbonyl (C=O) groups is 2. The maximum absolute atomic E-state index is 11.6. The molecule has 0 aliphatic heterocycles. The first-order valence-electron chi connectivity index (χ1n) is 5.24. The fraction of sp³-hybridized carbons (Fsp3) is 0.333. The van der Waals surface area contributed by atoms with E-state index in [2.05, 4.69) is 5.32 Å². The molecule has 1 aromatic carbocycles. The van der Waals surface area contributed by atoms with Crippen molar-refractivity contribution in [1.82, 2.24) is 4.90 Å². The second-order valence-corrected chi connectivity index (χ2v) is 3.98. The summed E-state index contributed by atoms with van der Waals surface area (Å²) >= 11 is 0. The molecule has 0 saturated heterocycles. The Morgan fingerprint density at radius 3 is 2.65 bits per heavy atom. The van der Waals surface area contributed by atoms with E-state index in [1.807, 2.05) is 25.1 Å². The van der Waals surface area contributed by atoms with Gasteiger partial charge in [-0.15, -0.1) is 0 Å². The highest BCUT2D eigenvalue weighted by molar-refractivity contribution is 5.92. The third kappa shape index (κ3) is 5.12. The van der Waals surface area contributed by atoms with Crippen molar-refractivity contribution in [1.29, 1.82) is 0 Å². The Morgan fingerprint density at radius 2 is 2.06 bits per heavy atom. The smallest absolute Gasteiger partial charge is 0.317 e. The van der Waals surface area contributed by atoms with Crippen LogP contribution in [-0.2, 0) is 9.59 Å². The normalized spacial score (nSPS) is 10.3. The van der Waals surface area contributed by atoms with Crippen LogP contribution in [0.1, 0.15) is 5.56 Å². The maximum Gasteiger partial charge on any atom is 0.317 e. The van der Waals surface area contributed by atoms with Crippen LogP contribution in [-0.4, -0.2) is 42.0 Å². The number of carboxylic acid groups (broad SMARTS) is 1. The zero-order valence-electron chi connectivity index (χ0n) is 9.93. The van der Waals surface area contributed by atoms with Gasteiger partial charge in [-0.1, -0.05) is 12.1 Å². The van der Waals surface area contributed by atoms with Gasteiger partial charge in [-0.25, -0.2) is 0 Å². The van der Waals surface area contributed by atoms with Crippen LogP contribution in [0.5, 0.6) is 0 Å². The molecule has 17 heavy (non-hydrogen) atoms. The van der Waals surface area contributed by atoms with Gasteiger partial charge in [0.25, 0.3) is 0 Å². The van der Waals surface area contributed by atoms with Crippen molar-refractivity contribution in [2.45, 2.75) is 6.92 Å². The fourth-order valence-electron chi connectivity index (χ4n) is 1.46. The van der Waals surface area contributed by atoms with Gasteiger partial charge in [0.1, 0.15) is 0 Å². The van der Waals surface area contributed by atoms with Crippen molar-refractivity contribution in [2.24, 2.45) is 0 Å². The highest BCUT2D eigenvalue weighted by Crippen LogP contribution is 2.09. The first-order chi connectivity index (χ1) is 7.97. The Balaban J connectivity index is 2.47. The lowest BCUT2D eigenvalue weighted by molar-refractivity contribution is -0.138. The molecule has 1 aromatic rings. The molecule has 0 saturated carbocycles. The molecule has 0 aliphatic rings. The van der Waals surface area contributed by atoms with Gasteiger partial charge in [-0.05, 0) is 31.7 Å². The molecule has 0 unspecified atom stereocenters. The van der Waals surface area contributed by atoms with Crippen LogP contribution in [0.3, 0.4) is 0 Å². The van der Waals surface area contributed by atoms with E-state index in [0.717, 1.165) is 11.3 Å². The monoisotopic (exact) mass is 236 g/mol. The Hall–Kier alpha value is -1.88. The van der Waals surface area contributed by atoms with Gasteiger partial charge in [0.2, 0.25) is 5.91 Å². The van der Waals surface area contributed by atoms with Crippen LogP contribution in [0.2, 0.25) is 0 Å². The molecular formula is C12H16N2O3. The van der Waals surface area contributed by atoms with Gasteiger partial charge in [0.15, 0.2) is 0 Å². The van der Waals surface area contributed by atoms with Gasteiger partial charge in [-0.2, -0.15) is 0 Å². The Morgan fingerprint density at radius 1 is 1.35 bits per heavy atom. The molecule has 0 atom stereocenters. The Kier molecular flexibility index (Phi) is 4.66. The van der Waals surface area contributed by atoms with Gasteiger partial charge in [0, 0.05) is 5.69 Å². The van der Waals surface area contributed by atoms with Crippen LogP contribution < -0.4 is 5.32 Å². The molecule has 5 nitrogen and oxygen atoms in total. The number of hydrogen-bond donors (Lipinski definition) is 2. The molecule has 5 heteroatoms. The number of likely N-dealkylation sites (N-methyl/N-ethyl adjacent to an activating group) is 1. The second kappa shape index (κ2) is 6.00.